The summed E-state index contributed by atoms with van der Waals surface area (Å²) < 4.78 is 42.4. The molecule has 0 saturated carbocycles. The fourth-order valence-corrected chi connectivity index (χ4v) is 2.27. The Bertz CT molecular complexity index is 709. The molecule has 27 heavy (non-hydrogen) atoms. The summed E-state index contributed by atoms with van der Waals surface area (Å²) in [5.41, 5.74) is 1.98. The molecule has 0 bridgehead atoms. The normalized spacial score (nSPS) is 11.5. The zero-order valence-electron chi connectivity index (χ0n) is 14.9. The first-order valence-electron chi connectivity index (χ1n) is 8.24. The lowest BCUT2D eigenvalue weighted by Crippen LogP contribution is -2.38. The Morgan fingerprint density at radius 2 is 1.59 bits per heavy atom. The van der Waals surface area contributed by atoms with Crippen LogP contribution in [0, 0.1) is 0 Å². The van der Waals surface area contributed by atoms with Gasteiger partial charge in [0.2, 0.25) is 0 Å². The Morgan fingerprint density at radius 1 is 0.963 bits per heavy atom. The van der Waals surface area contributed by atoms with E-state index in [0.29, 0.717) is 19.1 Å². The van der Waals surface area contributed by atoms with Gasteiger partial charge in [-0.1, -0.05) is 42.5 Å². The number of nitrogens with zero attached hydrogens (tertiary/aromatic N) is 1. The van der Waals surface area contributed by atoms with Crippen LogP contribution in [0.15, 0.2) is 59.6 Å². The SMILES string of the molecule is CN=C(NCCC(F)(F)F)NCc1ccccc1COc1ccccc1.I. The number of nitrogens with one attached hydrogen (secondary N) is 2. The van der Waals surface area contributed by atoms with E-state index in [4.69, 9.17) is 4.74 Å². The number of para-hydroxylation sites is 1. The van der Waals surface area contributed by atoms with Crippen LogP contribution >= 0.6 is 24.0 Å². The molecule has 0 fully saturated rings. The first-order valence-corrected chi connectivity index (χ1v) is 8.24. The minimum Gasteiger partial charge on any atom is -0.489 e. The maximum atomic E-state index is 12.2. The van der Waals surface area contributed by atoms with Crippen molar-refractivity contribution < 1.29 is 17.9 Å². The Balaban J connectivity index is 0.00000364. The van der Waals surface area contributed by atoms with Gasteiger partial charge in [0.15, 0.2) is 5.96 Å². The molecule has 0 aliphatic heterocycles. The smallest absolute Gasteiger partial charge is 0.390 e. The van der Waals surface area contributed by atoms with Crippen molar-refractivity contribution >= 4 is 29.9 Å². The maximum Gasteiger partial charge on any atom is 0.390 e. The minimum atomic E-state index is -4.19. The predicted octanol–water partition coefficient (Wildman–Crippen LogP) is 4.50. The van der Waals surface area contributed by atoms with Gasteiger partial charge < -0.3 is 15.4 Å². The molecule has 2 N–H and O–H groups in total. The highest BCUT2D eigenvalue weighted by Gasteiger charge is 2.26. The number of aliphatic imine (C=N–C) groups is 1. The fraction of sp³-hybridized carbons (Fsp3) is 0.316. The number of ether oxygens (including phenoxy) is 1. The molecule has 2 aromatic carbocycles. The zero-order chi connectivity index (χ0) is 18.8. The van der Waals surface area contributed by atoms with Crippen LogP contribution < -0.4 is 15.4 Å². The molecular weight excluding hydrogens is 470 g/mol. The van der Waals surface area contributed by atoms with Crippen LogP contribution in [0.4, 0.5) is 13.2 Å². The van der Waals surface area contributed by atoms with E-state index in [1.165, 1.54) is 7.05 Å². The molecule has 0 aliphatic carbocycles. The molecule has 0 amide bonds. The van der Waals surface area contributed by atoms with E-state index in [0.717, 1.165) is 16.9 Å². The van der Waals surface area contributed by atoms with E-state index < -0.39 is 12.6 Å². The number of rotatable bonds is 7. The second kappa shape index (κ2) is 11.7. The molecule has 8 heteroatoms. The standard InChI is InChI=1S/C19H22F3N3O.HI/c1-23-18(24-12-11-19(20,21)22)25-13-15-7-5-6-8-16(15)14-26-17-9-3-2-4-10-17;/h2-10H,11-14H2,1H3,(H2,23,24,25);1H. The van der Waals surface area contributed by atoms with Crippen LogP contribution in [0.25, 0.3) is 0 Å². The summed E-state index contributed by atoms with van der Waals surface area (Å²) >= 11 is 0. The van der Waals surface area contributed by atoms with Gasteiger partial charge in [-0.2, -0.15) is 13.2 Å². The largest absolute Gasteiger partial charge is 0.489 e. The molecular formula is C19H23F3IN3O. The first-order chi connectivity index (χ1) is 12.5. The summed E-state index contributed by atoms with van der Waals surface area (Å²) in [7, 11) is 1.52. The van der Waals surface area contributed by atoms with Crippen molar-refractivity contribution in [1.82, 2.24) is 10.6 Å². The van der Waals surface area contributed by atoms with Crippen molar-refractivity contribution in [2.75, 3.05) is 13.6 Å². The van der Waals surface area contributed by atoms with Gasteiger partial charge in [0, 0.05) is 20.1 Å². The third-order valence-electron chi connectivity index (χ3n) is 3.63. The number of halogens is 4. The van der Waals surface area contributed by atoms with Crippen LogP contribution in [-0.2, 0) is 13.2 Å². The molecule has 2 rings (SSSR count). The molecule has 0 aromatic heterocycles. The summed E-state index contributed by atoms with van der Waals surface area (Å²) in [5, 5.41) is 5.69. The Hall–Kier alpha value is -1.97. The summed E-state index contributed by atoms with van der Waals surface area (Å²) in [6, 6.07) is 17.2. The number of hydrogen-bond donors (Lipinski definition) is 2. The van der Waals surface area contributed by atoms with Gasteiger partial charge in [0.25, 0.3) is 0 Å². The van der Waals surface area contributed by atoms with E-state index in [1.807, 2.05) is 54.6 Å². The van der Waals surface area contributed by atoms with Crippen molar-refractivity contribution in [2.45, 2.75) is 25.7 Å². The fourth-order valence-electron chi connectivity index (χ4n) is 2.27. The lowest BCUT2D eigenvalue weighted by molar-refractivity contribution is -0.132. The van der Waals surface area contributed by atoms with Crippen LogP contribution in [0.2, 0.25) is 0 Å². The van der Waals surface area contributed by atoms with E-state index >= 15 is 0 Å². The van der Waals surface area contributed by atoms with Crippen molar-refractivity contribution in [3.63, 3.8) is 0 Å². The average Bonchev–Trinajstić information content (AvgIpc) is 2.63. The third-order valence-corrected chi connectivity index (χ3v) is 3.63. The van der Waals surface area contributed by atoms with Crippen LogP contribution in [0.1, 0.15) is 17.5 Å². The van der Waals surface area contributed by atoms with Crippen molar-refractivity contribution in [2.24, 2.45) is 4.99 Å². The Labute approximate surface area is 174 Å². The molecule has 4 nitrogen and oxygen atoms in total. The zero-order valence-corrected chi connectivity index (χ0v) is 17.3. The topological polar surface area (TPSA) is 45.7 Å². The van der Waals surface area contributed by atoms with Crippen LogP contribution in [0.5, 0.6) is 5.75 Å². The van der Waals surface area contributed by atoms with E-state index in [1.54, 1.807) is 0 Å². The lowest BCUT2D eigenvalue weighted by Gasteiger charge is -2.15. The summed E-state index contributed by atoms with van der Waals surface area (Å²) in [6.07, 6.45) is -5.09. The molecule has 0 heterocycles. The van der Waals surface area contributed by atoms with Gasteiger partial charge in [0.1, 0.15) is 12.4 Å². The van der Waals surface area contributed by atoms with Crippen molar-refractivity contribution in [3.8, 4) is 5.75 Å². The van der Waals surface area contributed by atoms with Gasteiger partial charge in [-0.3, -0.25) is 4.99 Å². The first kappa shape index (κ1) is 23.1. The second-order valence-corrected chi connectivity index (χ2v) is 5.59. The lowest BCUT2D eigenvalue weighted by atomic mass is 10.1. The minimum absolute atomic E-state index is 0. The predicted molar refractivity (Wildman–Crippen MR) is 112 cm³/mol. The monoisotopic (exact) mass is 493 g/mol. The highest BCUT2D eigenvalue weighted by atomic mass is 127. The molecule has 0 radical (unpaired) electrons. The highest BCUT2D eigenvalue weighted by Crippen LogP contribution is 2.18. The number of alkyl halides is 3. The van der Waals surface area contributed by atoms with E-state index in [-0.39, 0.29) is 30.5 Å². The van der Waals surface area contributed by atoms with Gasteiger partial charge in [0.05, 0.1) is 6.42 Å². The summed E-state index contributed by atoms with van der Waals surface area (Å²) in [5.74, 6) is 1.10. The summed E-state index contributed by atoms with van der Waals surface area (Å²) in [6.45, 7) is 0.615. The van der Waals surface area contributed by atoms with Crippen molar-refractivity contribution in [1.29, 1.82) is 0 Å². The molecule has 0 atom stereocenters. The molecule has 0 spiro atoms. The van der Waals surface area contributed by atoms with Crippen molar-refractivity contribution in [3.05, 3.63) is 65.7 Å². The summed E-state index contributed by atoms with van der Waals surface area (Å²) in [4.78, 5) is 3.94. The highest BCUT2D eigenvalue weighted by molar-refractivity contribution is 14.0. The molecule has 0 unspecified atom stereocenters. The van der Waals surface area contributed by atoms with Gasteiger partial charge >= 0.3 is 6.18 Å². The average molecular weight is 493 g/mol. The molecule has 0 saturated heterocycles. The third kappa shape index (κ3) is 8.98. The molecule has 2 aromatic rings. The Morgan fingerprint density at radius 3 is 2.22 bits per heavy atom. The van der Waals surface area contributed by atoms with Gasteiger partial charge in [-0.25, -0.2) is 0 Å². The molecule has 148 valence electrons. The number of guanidine groups is 1. The number of benzene rings is 2. The van der Waals surface area contributed by atoms with Crippen LogP contribution in [-0.4, -0.2) is 25.7 Å². The molecule has 0 aliphatic rings. The van der Waals surface area contributed by atoms with Gasteiger partial charge in [-0.15, -0.1) is 24.0 Å². The quantitative estimate of drug-likeness (QED) is 0.339. The Kier molecular flexibility index (Phi) is 9.98. The van der Waals surface area contributed by atoms with E-state index in [2.05, 4.69) is 15.6 Å². The maximum absolute atomic E-state index is 12.2. The number of hydrogen-bond acceptors (Lipinski definition) is 2. The van der Waals surface area contributed by atoms with Crippen LogP contribution in [0.3, 0.4) is 0 Å². The second-order valence-electron chi connectivity index (χ2n) is 5.59. The van der Waals surface area contributed by atoms with E-state index in [9.17, 15) is 13.2 Å². The van der Waals surface area contributed by atoms with Gasteiger partial charge in [-0.05, 0) is 23.3 Å².